The molecule has 2 saturated heterocycles. The largest absolute Gasteiger partial charge is 0.497 e. The zero-order valence-electron chi connectivity index (χ0n) is 27.2. The van der Waals surface area contributed by atoms with Crippen molar-refractivity contribution in [1.82, 2.24) is 9.47 Å². The Hall–Kier alpha value is -5.05. The van der Waals surface area contributed by atoms with Gasteiger partial charge in [0.15, 0.2) is 0 Å². The van der Waals surface area contributed by atoms with E-state index in [1.54, 1.807) is 37.4 Å². The van der Waals surface area contributed by atoms with Crippen LogP contribution in [0.15, 0.2) is 89.7 Å². The average molecular weight is 632 g/mol. The summed E-state index contributed by atoms with van der Waals surface area (Å²) < 4.78 is 7.19. The molecule has 4 aromatic rings. The Morgan fingerprint density at radius 3 is 2.40 bits per heavy atom. The minimum atomic E-state index is -0.256. The highest BCUT2D eigenvalue weighted by atomic mass is 16.5. The van der Waals surface area contributed by atoms with E-state index >= 15 is 0 Å². The van der Waals surface area contributed by atoms with E-state index in [0.29, 0.717) is 48.1 Å². The van der Waals surface area contributed by atoms with Crippen molar-refractivity contribution in [1.29, 1.82) is 0 Å². The van der Waals surface area contributed by atoms with Gasteiger partial charge in [0.25, 0.3) is 17.4 Å². The molecule has 0 spiro atoms. The molecule has 2 bridgehead atoms. The fourth-order valence-electron chi connectivity index (χ4n) is 7.59. The number of methoxy groups -OCH3 is 1. The normalized spacial score (nSPS) is 20.4. The van der Waals surface area contributed by atoms with Crippen molar-refractivity contribution in [3.63, 3.8) is 0 Å². The first kappa shape index (κ1) is 30.6. The van der Waals surface area contributed by atoms with Crippen LogP contribution in [0.3, 0.4) is 0 Å². The molecule has 3 aromatic carbocycles. The first-order valence-electron chi connectivity index (χ1n) is 16.4. The zero-order chi connectivity index (χ0) is 32.7. The molecular weight excluding hydrogens is 590 g/mol. The first-order chi connectivity index (χ1) is 22.8. The van der Waals surface area contributed by atoms with Gasteiger partial charge in [0.05, 0.1) is 18.5 Å². The molecule has 1 aromatic heterocycles. The number of ether oxygens (including phenoxy) is 1. The van der Waals surface area contributed by atoms with Crippen LogP contribution in [0, 0.1) is 12.8 Å². The topological polar surface area (TPSA) is 87.1 Å². The molecule has 4 heterocycles. The molecule has 0 unspecified atom stereocenters. The summed E-state index contributed by atoms with van der Waals surface area (Å²) in [7, 11) is 1.59. The molecular formula is C38H41N5O4. The Morgan fingerprint density at radius 1 is 0.851 bits per heavy atom. The van der Waals surface area contributed by atoms with E-state index in [-0.39, 0.29) is 29.3 Å². The van der Waals surface area contributed by atoms with Crippen molar-refractivity contribution in [2.24, 2.45) is 5.92 Å². The monoisotopic (exact) mass is 631 g/mol. The van der Waals surface area contributed by atoms with Gasteiger partial charge in [-0.05, 0) is 92.4 Å². The van der Waals surface area contributed by atoms with Crippen molar-refractivity contribution in [2.75, 3.05) is 55.0 Å². The van der Waals surface area contributed by atoms with Crippen LogP contribution in [-0.2, 0) is 6.54 Å². The van der Waals surface area contributed by atoms with Gasteiger partial charge < -0.3 is 29.3 Å². The zero-order valence-corrected chi connectivity index (χ0v) is 27.2. The lowest BCUT2D eigenvalue weighted by atomic mass is 9.83. The molecule has 0 aliphatic carbocycles. The van der Waals surface area contributed by atoms with E-state index in [1.807, 2.05) is 33.7 Å². The minimum absolute atomic E-state index is 0.0453. The number of carbonyl (C=O) groups excluding carboxylic acids is 2. The molecule has 7 rings (SSSR count). The van der Waals surface area contributed by atoms with Gasteiger partial charge in [-0.1, -0.05) is 18.2 Å². The summed E-state index contributed by atoms with van der Waals surface area (Å²) in [4.78, 5) is 46.7. The third kappa shape index (κ3) is 6.10. The number of anilines is 3. The summed E-state index contributed by atoms with van der Waals surface area (Å²) in [6, 6.07) is 26.9. The van der Waals surface area contributed by atoms with Crippen molar-refractivity contribution < 1.29 is 14.3 Å². The van der Waals surface area contributed by atoms with Crippen LogP contribution in [0.2, 0.25) is 0 Å². The first-order valence-corrected chi connectivity index (χ1v) is 16.4. The number of benzene rings is 3. The second kappa shape index (κ2) is 12.6. The number of amides is 2. The van der Waals surface area contributed by atoms with Crippen molar-refractivity contribution in [2.45, 2.75) is 38.8 Å². The molecule has 3 aliphatic rings. The lowest BCUT2D eigenvalue weighted by Gasteiger charge is -2.44. The van der Waals surface area contributed by atoms with Gasteiger partial charge in [-0.25, -0.2) is 0 Å². The molecule has 0 radical (unpaired) electrons. The summed E-state index contributed by atoms with van der Waals surface area (Å²) in [5, 5.41) is 3.14. The van der Waals surface area contributed by atoms with Crippen molar-refractivity contribution in [3.8, 4) is 5.75 Å². The Bertz CT molecular complexity index is 1870. The van der Waals surface area contributed by atoms with Crippen LogP contribution in [0.25, 0.3) is 0 Å². The molecule has 3 aliphatic heterocycles. The van der Waals surface area contributed by atoms with Crippen LogP contribution in [-0.4, -0.2) is 67.2 Å². The van der Waals surface area contributed by atoms with E-state index in [2.05, 4.69) is 59.3 Å². The van der Waals surface area contributed by atoms with Gasteiger partial charge in [0.1, 0.15) is 5.75 Å². The number of fused-ring (bicyclic) bond motifs is 4. The van der Waals surface area contributed by atoms with Crippen LogP contribution < -0.4 is 25.4 Å². The van der Waals surface area contributed by atoms with Gasteiger partial charge in [-0.15, -0.1) is 0 Å². The van der Waals surface area contributed by atoms with E-state index < -0.39 is 0 Å². The molecule has 47 heavy (non-hydrogen) atoms. The lowest BCUT2D eigenvalue weighted by Crippen LogP contribution is -2.53. The number of hydrogen-bond donors (Lipinski definition) is 1. The second-order valence-electron chi connectivity index (χ2n) is 13.2. The van der Waals surface area contributed by atoms with Crippen LogP contribution in [0.5, 0.6) is 5.75 Å². The highest BCUT2D eigenvalue weighted by Crippen LogP contribution is 2.39. The number of rotatable bonds is 6. The summed E-state index contributed by atoms with van der Waals surface area (Å²) in [6.45, 7) is 8.38. The summed E-state index contributed by atoms with van der Waals surface area (Å²) in [5.41, 5.74) is 6.03. The number of aromatic nitrogens is 1. The molecule has 9 heteroatoms. The summed E-state index contributed by atoms with van der Waals surface area (Å²) in [6.07, 6.45) is 1.02. The van der Waals surface area contributed by atoms with Crippen molar-refractivity contribution >= 4 is 28.9 Å². The minimum Gasteiger partial charge on any atom is -0.497 e. The van der Waals surface area contributed by atoms with Crippen LogP contribution >= 0.6 is 0 Å². The number of hydrogen-bond acceptors (Lipinski definition) is 6. The number of pyridine rings is 1. The molecule has 1 N–H and O–H groups in total. The standard InChI is InChI=1S/C38H41N5O4/c1-25-6-4-7-31(18-25)42-17-16-40(21-26(42)2)38(46)29-12-15-35(33(20-29)39-37(45)28-10-13-32(47-3)14-11-28)41-22-27-19-30(24-41)34-8-5-9-36(44)43(34)23-27/h4-15,18,20,26-27,30H,16-17,19,21-24H2,1-3H3,(H,39,45)/t26-,27+,30-/m0/s1. The van der Waals surface area contributed by atoms with E-state index in [4.69, 9.17) is 4.74 Å². The smallest absolute Gasteiger partial charge is 0.255 e. The maximum Gasteiger partial charge on any atom is 0.255 e. The predicted molar refractivity (Wildman–Crippen MR) is 185 cm³/mol. The Kier molecular flexibility index (Phi) is 8.22. The highest BCUT2D eigenvalue weighted by molar-refractivity contribution is 6.07. The van der Waals surface area contributed by atoms with E-state index in [1.165, 1.54) is 11.3 Å². The summed E-state index contributed by atoms with van der Waals surface area (Å²) >= 11 is 0. The number of aryl methyl sites for hydroxylation is 1. The maximum atomic E-state index is 14.0. The fourth-order valence-corrected chi connectivity index (χ4v) is 7.59. The highest BCUT2D eigenvalue weighted by Gasteiger charge is 2.36. The summed E-state index contributed by atoms with van der Waals surface area (Å²) in [5.74, 6) is 0.878. The average Bonchev–Trinajstić information content (AvgIpc) is 3.08. The third-order valence-corrected chi connectivity index (χ3v) is 9.91. The van der Waals surface area contributed by atoms with Gasteiger partial charge in [-0.2, -0.15) is 0 Å². The van der Waals surface area contributed by atoms with E-state index in [9.17, 15) is 14.4 Å². The Labute approximate surface area is 275 Å². The van der Waals surface area contributed by atoms with E-state index in [0.717, 1.165) is 37.4 Å². The van der Waals surface area contributed by atoms with Gasteiger partial charge in [0.2, 0.25) is 0 Å². The molecule has 9 nitrogen and oxygen atoms in total. The van der Waals surface area contributed by atoms with Crippen molar-refractivity contribution in [3.05, 3.63) is 118 Å². The second-order valence-corrected chi connectivity index (χ2v) is 13.2. The Balaban J connectivity index is 1.16. The number of nitrogens with one attached hydrogen (secondary N) is 1. The third-order valence-electron chi connectivity index (χ3n) is 9.91. The SMILES string of the molecule is COc1ccc(C(=O)Nc2cc(C(=O)N3CCN(c4cccc(C)c4)[C@@H](C)C3)ccc2N2C[C@H]3C[C@@H](C2)c2cccc(=O)n2C3)cc1. The fraction of sp³-hybridized carbons (Fsp3) is 0.342. The predicted octanol–water partition coefficient (Wildman–Crippen LogP) is 5.39. The maximum absolute atomic E-state index is 14.0. The van der Waals surface area contributed by atoms with Crippen LogP contribution in [0.4, 0.5) is 17.1 Å². The quantitative estimate of drug-likeness (QED) is 0.307. The molecule has 2 amide bonds. The molecule has 242 valence electrons. The van der Waals surface area contributed by atoms with Gasteiger partial charge >= 0.3 is 0 Å². The molecule has 3 atom stereocenters. The molecule has 2 fully saturated rings. The number of nitrogens with zero attached hydrogens (tertiary/aromatic N) is 4. The number of piperidine rings is 1. The Morgan fingerprint density at radius 2 is 1.64 bits per heavy atom. The number of carbonyl (C=O) groups is 2. The molecule has 0 saturated carbocycles. The lowest BCUT2D eigenvalue weighted by molar-refractivity contribution is 0.0726. The van der Waals surface area contributed by atoms with Gasteiger partial charge in [-0.3, -0.25) is 14.4 Å². The number of piperazine rings is 1. The van der Waals surface area contributed by atoms with Crippen LogP contribution in [0.1, 0.15) is 51.2 Å². The van der Waals surface area contributed by atoms with Gasteiger partial charge in [0, 0.05) is 79.8 Å².